The smallest absolute Gasteiger partial charge is 0.164 e. The average Bonchev–Trinajstić information content (AvgIpc) is 2.68. The molecule has 0 bridgehead atoms. The van der Waals surface area contributed by atoms with Gasteiger partial charge in [-0.05, 0) is 66.8 Å². The lowest BCUT2D eigenvalue weighted by atomic mass is 9.81. The minimum absolute atomic E-state index is 0.00251. The number of aryl methyl sites for hydroxylation is 1. The van der Waals surface area contributed by atoms with Gasteiger partial charge in [0.2, 0.25) is 0 Å². The zero-order chi connectivity index (χ0) is 17.3. The standard InChI is InChI=1S/C23H22N2O/c1-14-12-20-21(17-8-3-2-7-16(14)17)24-19-13-15-6-4-10-25-11-5-9-18(22(15)25)23(19)26-20/h2-3,7-8,12-13,23H,4-6,9-11H2,1H3. The summed E-state index contributed by atoms with van der Waals surface area (Å²) in [6.45, 7) is 4.54. The SMILES string of the molecule is Cc1cc2c(c3ccccc13)N=C1C=C3CCCN4CCCC(=C34)C1O2. The maximum Gasteiger partial charge on any atom is 0.164 e. The van der Waals surface area contributed by atoms with Crippen molar-refractivity contribution in [3.63, 3.8) is 0 Å². The molecule has 2 aromatic rings. The molecule has 1 saturated heterocycles. The lowest BCUT2D eigenvalue weighted by Crippen LogP contribution is -2.43. The van der Waals surface area contributed by atoms with Gasteiger partial charge < -0.3 is 9.64 Å². The highest BCUT2D eigenvalue weighted by atomic mass is 16.5. The number of benzene rings is 2. The number of fused-ring (bicyclic) bond motifs is 5. The fraction of sp³-hybridized carbons (Fsp3) is 0.348. The summed E-state index contributed by atoms with van der Waals surface area (Å²) >= 11 is 0. The van der Waals surface area contributed by atoms with Crippen molar-refractivity contribution < 1.29 is 4.74 Å². The Morgan fingerprint density at radius 1 is 1.08 bits per heavy atom. The number of hydrogen-bond acceptors (Lipinski definition) is 3. The molecule has 1 atom stereocenters. The molecule has 3 heteroatoms. The third-order valence-electron chi connectivity index (χ3n) is 6.25. The number of aliphatic imine (C=N–C) groups is 1. The summed E-state index contributed by atoms with van der Waals surface area (Å²) in [6, 6.07) is 10.7. The normalized spacial score (nSPS) is 23.6. The quantitative estimate of drug-likeness (QED) is 0.668. The predicted octanol–water partition coefficient (Wildman–Crippen LogP) is 5.07. The van der Waals surface area contributed by atoms with Gasteiger partial charge in [0.25, 0.3) is 0 Å². The highest BCUT2D eigenvalue weighted by Gasteiger charge is 2.38. The monoisotopic (exact) mass is 342 g/mol. The predicted molar refractivity (Wildman–Crippen MR) is 105 cm³/mol. The molecule has 4 aliphatic rings. The second kappa shape index (κ2) is 5.23. The van der Waals surface area contributed by atoms with Crippen LogP contribution in [0.5, 0.6) is 5.75 Å². The third kappa shape index (κ3) is 1.91. The summed E-state index contributed by atoms with van der Waals surface area (Å²) in [5.74, 6) is 0.938. The van der Waals surface area contributed by atoms with Gasteiger partial charge in [-0.3, -0.25) is 0 Å². The number of piperidine rings is 1. The second-order valence-corrected chi connectivity index (χ2v) is 7.86. The van der Waals surface area contributed by atoms with Crippen LogP contribution in [-0.2, 0) is 0 Å². The number of rotatable bonds is 0. The van der Waals surface area contributed by atoms with E-state index in [0.29, 0.717) is 0 Å². The molecule has 1 fully saturated rings. The molecule has 3 aliphatic heterocycles. The van der Waals surface area contributed by atoms with Gasteiger partial charge in [-0.25, -0.2) is 4.99 Å². The number of allylic oxidation sites excluding steroid dienone is 1. The minimum Gasteiger partial charge on any atom is -0.477 e. The van der Waals surface area contributed by atoms with E-state index >= 15 is 0 Å². The Bertz CT molecular complexity index is 1040. The van der Waals surface area contributed by atoms with Crippen LogP contribution in [0, 0.1) is 6.92 Å². The van der Waals surface area contributed by atoms with Gasteiger partial charge >= 0.3 is 0 Å². The van der Waals surface area contributed by atoms with E-state index in [4.69, 9.17) is 9.73 Å². The first-order valence-corrected chi connectivity index (χ1v) is 9.76. The van der Waals surface area contributed by atoms with Crippen molar-refractivity contribution in [2.24, 2.45) is 4.99 Å². The van der Waals surface area contributed by atoms with E-state index < -0.39 is 0 Å². The number of ether oxygens (including phenoxy) is 1. The van der Waals surface area contributed by atoms with Crippen LogP contribution in [-0.4, -0.2) is 29.8 Å². The van der Waals surface area contributed by atoms with Crippen LogP contribution in [0.3, 0.4) is 0 Å². The summed E-state index contributed by atoms with van der Waals surface area (Å²) in [5, 5.41) is 2.46. The minimum atomic E-state index is 0.00251. The van der Waals surface area contributed by atoms with Gasteiger partial charge in [0.1, 0.15) is 11.4 Å². The Morgan fingerprint density at radius 2 is 1.88 bits per heavy atom. The molecule has 3 heterocycles. The molecule has 0 radical (unpaired) electrons. The van der Waals surface area contributed by atoms with E-state index in [1.54, 1.807) is 0 Å². The van der Waals surface area contributed by atoms with Crippen LogP contribution in [0.15, 0.2) is 58.2 Å². The molecule has 0 spiro atoms. The van der Waals surface area contributed by atoms with E-state index in [1.807, 2.05) is 0 Å². The zero-order valence-electron chi connectivity index (χ0n) is 15.1. The fourth-order valence-corrected chi connectivity index (χ4v) is 5.13. The molecular formula is C23H22N2O. The van der Waals surface area contributed by atoms with Gasteiger partial charge in [0, 0.05) is 24.2 Å². The molecule has 1 unspecified atom stereocenters. The van der Waals surface area contributed by atoms with Crippen LogP contribution in [0.25, 0.3) is 10.8 Å². The Hall–Kier alpha value is -2.55. The van der Waals surface area contributed by atoms with Crippen molar-refractivity contribution in [2.45, 2.75) is 38.7 Å². The topological polar surface area (TPSA) is 24.8 Å². The van der Waals surface area contributed by atoms with E-state index in [-0.39, 0.29) is 6.10 Å². The first kappa shape index (κ1) is 14.6. The van der Waals surface area contributed by atoms with Crippen molar-refractivity contribution in [3.05, 3.63) is 58.8 Å². The van der Waals surface area contributed by atoms with Crippen LogP contribution in [0.4, 0.5) is 5.69 Å². The van der Waals surface area contributed by atoms with Crippen LogP contribution >= 0.6 is 0 Å². The molecule has 0 N–H and O–H groups in total. The number of nitrogens with zero attached hydrogens (tertiary/aromatic N) is 2. The highest BCUT2D eigenvalue weighted by molar-refractivity contribution is 6.10. The van der Waals surface area contributed by atoms with Gasteiger partial charge in [-0.2, -0.15) is 0 Å². The zero-order valence-corrected chi connectivity index (χ0v) is 15.1. The Balaban J connectivity index is 1.58. The van der Waals surface area contributed by atoms with Gasteiger partial charge in [0.15, 0.2) is 6.10 Å². The molecule has 0 saturated carbocycles. The van der Waals surface area contributed by atoms with Crippen LogP contribution in [0.1, 0.15) is 31.2 Å². The van der Waals surface area contributed by atoms with E-state index in [9.17, 15) is 0 Å². The highest BCUT2D eigenvalue weighted by Crippen LogP contribution is 2.46. The first-order valence-electron chi connectivity index (χ1n) is 9.76. The van der Waals surface area contributed by atoms with E-state index in [2.05, 4.69) is 48.2 Å². The van der Waals surface area contributed by atoms with E-state index in [0.717, 1.165) is 23.6 Å². The van der Waals surface area contributed by atoms with Crippen molar-refractivity contribution in [2.75, 3.05) is 13.1 Å². The van der Waals surface area contributed by atoms with Crippen molar-refractivity contribution in [1.29, 1.82) is 0 Å². The maximum atomic E-state index is 6.60. The molecule has 2 aromatic carbocycles. The van der Waals surface area contributed by atoms with Crippen molar-refractivity contribution >= 4 is 22.2 Å². The summed E-state index contributed by atoms with van der Waals surface area (Å²) in [5.41, 5.74) is 7.77. The summed E-state index contributed by atoms with van der Waals surface area (Å²) in [6.07, 6.45) is 7.10. The molecule has 0 amide bonds. The van der Waals surface area contributed by atoms with E-state index in [1.165, 1.54) is 65.5 Å². The summed E-state index contributed by atoms with van der Waals surface area (Å²) < 4.78 is 6.60. The molecule has 6 rings (SSSR count). The summed E-state index contributed by atoms with van der Waals surface area (Å²) in [4.78, 5) is 7.72. The Labute approximate surface area is 153 Å². The summed E-state index contributed by atoms with van der Waals surface area (Å²) in [7, 11) is 0. The van der Waals surface area contributed by atoms with Gasteiger partial charge in [0.05, 0.1) is 5.71 Å². The number of hydrogen-bond donors (Lipinski definition) is 0. The first-order chi connectivity index (χ1) is 12.8. The molecule has 1 aliphatic carbocycles. The average molecular weight is 342 g/mol. The Kier molecular flexibility index (Phi) is 2.94. The van der Waals surface area contributed by atoms with Crippen molar-refractivity contribution in [1.82, 2.24) is 4.90 Å². The molecule has 3 nitrogen and oxygen atoms in total. The van der Waals surface area contributed by atoms with Crippen LogP contribution < -0.4 is 4.74 Å². The fourth-order valence-electron chi connectivity index (χ4n) is 5.13. The molecular weight excluding hydrogens is 320 g/mol. The van der Waals surface area contributed by atoms with Gasteiger partial charge in [-0.15, -0.1) is 0 Å². The maximum absolute atomic E-state index is 6.60. The Morgan fingerprint density at radius 3 is 2.77 bits per heavy atom. The third-order valence-corrected chi connectivity index (χ3v) is 6.25. The lowest BCUT2D eigenvalue weighted by Gasteiger charge is -2.43. The molecule has 0 aromatic heterocycles. The molecule has 130 valence electrons. The largest absolute Gasteiger partial charge is 0.477 e. The lowest BCUT2D eigenvalue weighted by molar-refractivity contribution is 0.246. The molecule has 26 heavy (non-hydrogen) atoms. The van der Waals surface area contributed by atoms with Crippen molar-refractivity contribution in [3.8, 4) is 5.75 Å². The van der Waals surface area contributed by atoms with Crippen LogP contribution in [0.2, 0.25) is 0 Å². The van der Waals surface area contributed by atoms with Gasteiger partial charge in [-0.1, -0.05) is 24.3 Å². The second-order valence-electron chi connectivity index (χ2n) is 7.86.